The molecule has 1 aliphatic heterocycles. The van der Waals surface area contributed by atoms with Crippen LogP contribution in [0.5, 0.6) is 17.2 Å². The molecule has 3 rings (SSSR count). The SMILES string of the molecule is COc1cc(CCC(=O)N2CCCc3c(NC(C)=O)ccc(C)c32)cc(OC)c1OC. The number of amides is 2. The van der Waals surface area contributed by atoms with Crippen LogP contribution >= 0.6 is 0 Å². The van der Waals surface area contributed by atoms with Gasteiger partial charge in [-0.05, 0) is 61.1 Å². The Bertz CT molecular complexity index is 961. The van der Waals surface area contributed by atoms with Gasteiger partial charge in [-0.25, -0.2) is 0 Å². The second kappa shape index (κ2) is 9.73. The minimum atomic E-state index is -0.114. The van der Waals surface area contributed by atoms with Crippen molar-refractivity contribution in [2.45, 2.75) is 39.5 Å². The molecule has 0 saturated carbocycles. The van der Waals surface area contributed by atoms with Crippen LogP contribution in [0, 0.1) is 6.92 Å². The van der Waals surface area contributed by atoms with Crippen LogP contribution in [-0.4, -0.2) is 39.7 Å². The average molecular weight is 427 g/mol. The molecule has 1 N–H and O–H groups in total. The summed E-state index contributed by atoms with van der Waals surface area (Å²) in [6, 6.07) is 7.62. The summed E-state index contributed by atoms with van der Waals surface area (Å²) in [5.41, 5.74) is 4.71. The van der Waals surface area contributed by atoms with Crippen molar-refractivity contribution in [1.29, 1.82) is 0 Å². The fraction of sp³-hybridized carbons (Fsp3) is 0.417. The first-order chi connectivity index (χ1) is 14.9. The molecule has 31 heavy (non-hydrogen) atoms. The number of fused-ring (bicyclic) bond motifs is 1. The Labute approximate surface area is 183 Å². The van der Waals surface area contributed by atoms with E-state index in [4.69, 9.17) is 14.2 Å². The van der Waals surface area contributed by atoms with Crippen molar-refractivity contribution >= 4 is 23.2 Å². The number of ether oxygens (including phenoxy) is 3. The fourth-order valence-electron chi connectivity index (χ4n) is 4.13. The zero-order chi connectivity index (χ0) is 22.5. The topological polar surface area (TPSA) is 77.1 Å². The van der Waals surface area contributed by atoms with Gasteiger partial charge >= 0.3 is 0 Å². The van der Waals surface area contributed by atoms with E-state index in [0.29, 0.717) is 36.6 Å². The number of anilines is 2. The van der Waals surface area contributed by atoms with Crippen LogP contribution in [0.2, 0.25) is 0 Å². The van der Waals surface area contributed by atoms with Crippen LogP contribution in [0.15, 0.2) is 24.3 Å². The van der Waals surface area contributed by atoms with Gasteiger partial charge in [0.1, 0.15) is 0 Å². The highest BCUT2D eigenvalue weighted by Gasteiger charge is 2.26. The van der Waals surface area contributed by atoms with E-state index in [9.17, 15) is 9.59 Å². The van der Waals surface area contributed by atoms with E-state index in [-0.39, 0.29) is 11.8 Å². The third-order valence-corrected chi connectivity index (χ3v) is 5.53. The Morgan fingerprint density at radius 1 is 1.06 bits per heavy atom. The zero-order valence-corrected chi connectivity index (χ0v) is 18.8. The molecule has 0 fully saturated rings. The molecule has 7 nitrogen and oxygen atoms in total. The summed E-state index contributed by atoms with van der Waals surface area (Å²) in [6.07, 6.45) is 2.59. The molecule has 0 bridgehead atoms. The van der Waals surface area contributed by atoms with Crippen molar-refractivity contribution in [3.8, 4) is 17.2 Å². The summed E-state index contributed by atoms with van der Waals surface area (Å²) in [4.78, 5) is 26.6. The highest BCUT2D eigenvalue weighted by Crippen LogP contribution is 2.39. The normalized spacial score (nSPS) is 12.7. The minimum absolute atomic E-state index is 0.0535. The summed E-state index contributed by atoms with van der Waals surface area (Å²) in [5.74, 6) is 1.62. The minimum Gasteiger partial charge on any atom is -0.493 e. The number of benzene rings is 2. The van der Waals surface area contributed by atoms with E-state index in [1.54, 1.807) is 21.3 Å². The van der Waals surface area contributed by atoms with Gasteiger partial charge in [-0.2, -0.15) is 0 Å². The number of hydrogen-bond donors (Lipinski definition) is 1. The highest BCUT2D eigenvalue weighted by atomic mass is 16.5. The van der Waals surface area contributed by atoms with Gasteiger partial charge in [-0.3, -0.25) is 9.59 Å². The number of carbonyl (C=O) groups excluding carboxylic acids is 2. The van der Waals surface area contributed by atoms with Gasteiger partial charge in [0.05, 0.1) is 27.0 Å². The molecule has 0 aliphatic carbocycles. The average Bonchev–Trinajstić information content (AvgIpc) is 2.77. The van der Waals surface area contributed by atoms with Crippen LogP contribution in [-0.2, 0) is 22.4 Å². The van der Waals surface area contributed by atoms with Gasteiger partial charge in [0.25, 0.3) is 0 Å². The maximum Gasteiger partial charge on any atom is 0.227 e. The van der Waals surface area contributed by atoms with Crippen LogP contribution in [0.3, 0.4) is 0 Å². The van der Waals surface area contributed by atoms with Crippen molar-refractivity contribution in [3.63, 3.8) is 0 Å². The molecule has 2 aromatic carbocycles. The molecule has 0 spiro atoms. The molecule has 1 heterocycles. The van der Waals surface area contributed by atoms with E-state index in [1.165, 1.54) is 6.92 Å². The quantitative estimate of drug-likeness (QED) is 0.727. The number of hydrogen-bond acceptors (Lipinski definition) is 5. The lowest BCUT2D eigenvalue weighted by atomic mass is 9.95. The predicted octanol–water partition coefficient (Wildman–Crippen LogP) is 3.89. The number of rotatable bonds is 7. The number of nitrogens with zero attached hydrogens (tertiary/aromatic N) is 1. The Kier molecular flexibility index (Phi) is 7.05. The van der Waals surface area contributed by atoms with Crippen molar-refractivity contribution in [2.75, 3.05) is 38.1 Å². The molecule has 0 aromatic heterocycles. The number of aryl methyl sites for hydroxylation is 2. The van der Waals surface area contributed by atoms with Crippen LogP contribution in [0.25, 0.3) is 0 Å². The molecule has 2 amide bonds. The molecule has 7 heteroatoms. The molecular weight excluding hydrogens is 396 g/mol. The van der Waals surface area contributed by atoms with Crippen molar-refractivity contribution in [3.05, 3.63) is 41.0 Å². The zero-order valence-electron chi connectivity index (χ0n) is 18.8. The van der Waals surface area contributed by atoms with Crippen LogP contribution < -0.4 is 24.4 Å². The first-order valence-corrected chi connectivity index (χ1v) is 10.4. The fourth-order valence-corrected chi connectivity index (χ4v) is 4.13. The van der Waals surface area contributed by atoms with Gasteiger partial charge in [-0.15, -0.1) is 0 Å². The third kappa shape index (κ3) is 4.76. The standard InChI is InChI=1S/C24H30N2O5/c1-15-8-10-19(25-16(2)27)18-7-6-12-26(23(15)18)22(28)11-9-17-13-20(29-3)24(31-5)21(14-17)30-4/h8,10,13-14H,6-7,9,11-12H2,1-5H3,(H,25,27). The molecule has 0 atom stereocenters. The smallest absolute Gasteiger partial charge is 0.227 e. The summed E-state index contributed by atoms with van der Waals surface area (Å²) < 4.78 is 16.2. The Morgan fingerprint density at radius 2 is 1.74 bits per heavy atom. The first kappa shape index (κ1) is 22.5. The van der Waals surface area contributed by atoms with Gasteiger partial charge in [0, 0.05) is 25.6 Å². The van der Waals surface area contributed by atoms with Crippen molar-refractivity contribution in [1.82, 2.24) is 0 Å². The molecule has 166 valence electrons. The van der Waals surface area contributed by atoms with E-state index in [0.717, 1.165) is 40.9 Å². The van der Waals surface area contributed by atoms with E-state index in [2.05, 4.69) is 5.32 Å². The Balaban J connectivity index is 1.83. The lowest BCUT2D eigenvalue weighted by molar-refractivity contribution is -0.118. The monoisotopic (exact) mass is 426 g/mol. The first-order valence-electron chi connectivity index (χ1n) is 10.4. The lowest BCUT2D eigenvalue weighted by Crippen LogP contribution is -2.36. The summed E-state index contributed by atoms with van der Waals surface area (Å²) >= 11 is 0. The second-order valence-corrected chi connectivity index (χ2v) is 7.62. The van der Waals surface area contributed by atoms with E-state index < -0.39 is 0 Å². The summed E-state index contributed by atoms with van der Waals surface area (Å²) in [6.45, 7) is 4.17. The van der Waals surface area contributed by atoms with Gasteiger partial charge in [0.2, 0.25) is 17.6 Å². The lowest BCUT2D eigenvalue weighted by Gasteiger charge is -2.32. The predicted molar refractivity (Wildman–Crippen MR) is 121 cm³/mol. The Morgan fingerprint density at radius 3 is 2.32 bits per heavy atom. The second-order valence-electron chi connectivity index (χ2n) is 7.62. The molecule has 2 aromatic rings. The highest BCUT2D eigenvalue weighted by molar-refractivity contribution is 5.98. The van der Waals surface area contributed by atoms with Crippen molar-refractivity contribution < 1.29 is 23.8 Å². The largest absolute Gasteiger partial charge is 0.493 e. The maximum atomic E-state index is 13.2. The molecule has 0 radical (unpaired) electrons. The number of carbonyl (C=O) groups is 2. The van der Waals surface area contributed by atoms with E-state index >= 15 is 0 Å². The molecule has 0 unspecified atom stereocenters. The van der Waals surface area contributed by atoms with Gasteiger partial charge < -0.3 is 24.4 Å². The number of methoxy groups -OCH3 is 3. The van der Waals surface area contributed by atoms with E-state index in [1.807, 2.05) is 36.1 Å². The van der Waals surface area contributed by atoms with Crippen molar-refractivity contribution in [2.24, 2.45) is 0 Å². The molecular formula is C24H30N2O5. The summed E-state index contributed by atoms with van der Waals surface area (Å²) in [5, 5.41) is 2.90. The molecule has 1 aliphatic rings. The van der Waals surface area contributed by atoms with Gasteiger partial charge in [-0.1, -0.05) is 6.07 Å². The molecule has 0 saturated heterocycles. The maximum absolute atomic E-state index is 13.2. The van der Waals surface area contributed by atoms with Crippen LogP contribution in [0.4, 0.5) is 11.4 Å². The number of nitrogens with one attached hydrogen (secondary N) is 1. The Hall–Kier alpha value is -3.22. The third-order valence-electron chi connectivity index (χ3n) is 5.53. The summed E-state index contributed by atoms with van der Waals surface area (Å²) in [7, 11) is 4.72. The van der Waals surface area contributed by atoms with Gasteiger partial charge in [0.15, 0.2) is 11.5 Å². The van der Waals surface area contributed by atoms with Crippen LogP contribution in [0.1, 0.15) is 36.5 Å².